The summed E-state index contributed by atoms with van der Waals surface area (Å²) in [5.41, 5.74) is 6.72. The highest BCUT2D eigenvalue weighted by molar-refractivity contribution is 7.13. The second-order valence-corrected chi connectivity index (χ2v) is 4.84. The lowest BCUT2D eigenvalue weighted by Crippen LogP contribution is -2.25. The zero-order valence-corrected chi connectivity index (χ0v) is 9.39. The Morgan fingerprint density at radius 2 is 2.43 bits per heavy atom. The van der Waals surface area contributed by atoms with Crippen LogP contribution >= 0.6 is 11.3 Å². The largest absolute Gasteiger partial charge is 0.375 e. The van der Waals surface area contributed by atoms with Crippen LogP contribution in [0.2, 0.25) is 0 Å². The van der Waals surface area contributed by atoms with Crippen LogP contribution in [0, 0.1) is 5.92 Å². The van der Waals surface area contributed by atoms with Gasteiger partial charge in [-0.25, -0.2) is 4.98 Å². The average molecular weight is 211 g/mol. The molecule has 1 saturated carbocycles. The van der Waals surface area contributed by atoms with Gasteiger partial charge in [0.1, 0.15) is 0 Å². The summed E-state index contributed by atoms with van der Waals surface area (Å²) >= 11 is 1.53. The Morgan fingerprint density at radius 3 is 2.93 bits per heavy atom. The van der Waals surface area contributed by atoms with Gasteiger partial charge in [-0.05, 0) is 25.3 Å². The van der Waals surface area contributed by atoms with E-state index in [1.807, 2.05) is 0 Å². The molecular weight excluding hydrogens is 194 g/mol. The Bertz CT molecular complexity index is 293. The number of rotatable bonds is 5. The van der Waals surface area contributed by atoms with Crippen molar-refractivity contribution in [3.8, 4) is 0 Å². The van der Waals surface area contributed by atoms with Crippen molar-refractivity contribution in [3.63, 3.8) is 0 Å². The molecule has 0 saturated heterocycles. The number of anilines is 1. The smallest absolute Gasteiger partial charge is 0.180 e. The van der Waals surface area contributed by atoms with Crippen molar-refractivity contribution < 1.29 is 0 Å². The Balaban J connectivity index is 1.86. The Labute approximate surface area is 88.9 Å². The third-order valence-corrected chi connectivity index (χ3v) is 3.34. The molecule has 0 aliphatic heterocycles. The zero-order valence-electron chi connectivity index (χ0n) is 8.57. The van der Waals surface area contributed by atoms with E-state index in [0.717, 1.165) is 24.7 Å². The van der Waals surface area contributed by atoms with E-state index in [1.165, 1.54) is 30.7 Å². The summed E-state index contributed by atoms with van der Waals surface area (Å²) in [6, 6.07) is 0. The summed E-state index contributed by atoms with van der Waals surface area (Å²) in [6.07, 6.45) is 2.82. The van der Waals surface area contributed by atoms with Gasteiger partial charge < -0.3 is 5.73 Å². The Kier molecular flexibility index (Phi) is 3.03. The van der Waals surface area contributed by atoms with Crippen molar-refractivity contribution in [2.45, 2.75) is 26.3 Å². The summed E-state index contributed by atoms with van der Waals surface area (Å²) < 4.78 is 0. The lowest BCUT2D eigenvalue weighted by atomic mass is 10.3. The van der Waals surface area contributed by atoms with Crippen molar-refractivity contribution >= 4 is 16.5 Å². The summed E-state index contributed by atoms with van der Waals surface area (Å²) in [4.78, 5) is 6.73. The normalized spacial score (nSPS) is 16.4. The molecule has 4 heteroatoms. The van der Waals surface area contributed by atoms with Gasteiger partial charge in [0.15, 0.2) is 5.13 Å². The maximum atomic E-state index is 5.60. The van der Waals surface area contributed by atoms with E-state index in [1.54, 1.807) is 0 Å². The first-order valence-corrected chi connectivity index (χ1v) is 6.08. The maximum Gasteiger partial charge on any atom is 0.180 e. The maximum absolute atomic E-state index is 5.60. The monoisotopic (exact) mass is 211 g/mol. The van der Waals surface area contributed by atoms with E-state index >= 15 is 0 Å². The number of nitrogens with two attached hydrogens (primary N) is 1. The molecule has 1 aliphatic rings. The van der Waals surface area contributed by atoms with Gasteiger partial charge in [-0.3, -0.25) is 4.90 Å². The molecule has 0 radical (unpaired) electrons. The molecule has 1 aliphatic carbocycles. The van der Waals surface area contributed by atoms with Crippen molar-refractivity contribution in [2.75, 3.05) is 18.8 Å². The minimum absolute atomic E-state index is 0.683. The van der Waals surface area contributed by atoms with Crippen molar-refractivity contribution in [1.29, 1.82) is 0 Å². The van der Waals surface area contributed by atoms with Crippen molar-refractivity contribution in [1.82, 2.24) is 9.88 Å². The molecule has 2 N–H and O–H groups in total. The first-order valence-electron chi connectivity index (χ1n) is 5.20. The van der Waals surface area contributed by atoms with Gasteiger partial charge in [0.25, 0.3) is 0 Å². The van der Waals surface area contributed by atoms with Crippen LogP contribution in [0.5, 0.6) is 0 Å². The minimum Gasteiger partial charge on any atom is -0.375 e. The molecule has 0 bridgehead atoms. The van der Waals surface area contributed by atoms with Gasteiger partial charge in [-0.1, -0.05) is 6.92 Å². The molecule has 2 rings (SSSR count). The van der Waals surface area contributed by atoms with Gasteiger partial charge >= 0.3 is 0 Å². The number of hydrogen-bond donors (Lipinski definition) is 1. The van der Waals surface area contributed by atoms with Crippen LogP contribution in [0.25, 0.3) is 0 Å². The van der Waals surface area contributed by atoms with Crippen LogP contribution in [-0.4, -0.2) is 23.0 Å². The molecule has 14 heavy (non-hydrogen) atoms. The zero-order chi connectivity index (χ0) is 9.97. The predicted octanol–water partition coefficient (Wildman–Crippen LogP) is 1.96. The fourth-order valence-corrected chi connectivity index (χ4v) is 2.15. The fraction of sp³-hybridized carbons (Fsp3) is 0.700. The van der Waals surface area contributed by atoms with E-state index in [2.05, 4.69) is 22.2 Å². The molecule has 0 unspecified atom stereocenters. The SMILES string of the molecule is CCN(Cc1csc(N)n1)CC1CC1. The molecule has 3 nitrogen and oxygen atoms in total. The van der Waals surface area contributed by atoms with E-state index in [-0.39, 0.29) is 0 Å². The highest BCUT2D eigenvalue weighted by Gasteiger charge is 2.23. The minimum atomic E-state index is 0.683. The molecule has 0 spiro atoms. The van der Waals surface area contributed by atoms with Crippen LogP contribution in [0.4, 0.5) is 5.13 Å². The molecule has 1 aromatic rings. The quantitative estimate of drug-likeness (QED) is 0.809. The average Bonchev–Trinajstić information content (AvgIpc) is 2.89. The van der Waals surface area contributed by atoms with Crippen LogP contribution in [0.3, 0.4) is 0 Å². The standard InChI is InChI=1S/C10H17N3S/c1-2-13(5-8-3-4-8)6-9-7-14-10(11)12-9/h7-8H,2-6H2,1H3,(H2,11,12). The van der Waals surface area contributed by atoms with Crippen molar-refractivity contribution in [2.24, 2.45) is 5.92 Å². The lowest BCUT2D eigenvalue weighted by molar-refractivity contribution is 0.266. The van der Waals surface area contributed by atoms with Gasteiger partial charge in [0, 0.05) is 18.5 Å². The fourth-order valence-electron chi connectivity index (χ4n) is 1.60. The molecule has 1 aromatic heterocycles. The first-order chi connectivity index (χ1) is 6.78. The van der Waals surface area contributed by atoms with Crippen LogP contribution < -0.4 is 5.73 Å². The number of thiazole rings is 1. The molecule has 1 heterocycles. The highest BCUT2D eigenvalue weighted by Crippen LogP contribution is 2.30. The Morgan fingerprint density at radius 1 is 1.64 bits per heavy atom. The van der Waals surface area contributed by atoms with Crippen LogP contribution in [0.15, 0.2) is 5.38 Å². The summed E-state index contributed by atoms with van der Waals surface area (Å²) in [5.74, 6) is 0.950. The van der Waals surface area contributed by atoms with Crippen LogP contribution in [-0.2, 0) is 6.54 Å². The van der Waals surface area contributed by atoms with E-state index in [9.17, 15) is 0 Å². The summed E-state index contributed by atoms with van der Waals surface area (Å²) in [5, 5.41) is 2.74. The third kappa shape index (κ3) is 2.69. The van der Waals surface area contributed by atoms with Gasteiger partial charge in [0.2, 0.25) is 0 Å². The number of aromatic nitrogens is 1. The lowest BCUT2D eigenvalue weighted by Gasteiger charge is -2.18. The highest BCUT2D eigenvalue weighted by atomic mass is 32.1. The molecular formula is C10H17N3S. The topological polar surface area (TPSA) is 42.1 Å². The molecule has 0 atom stereocenters. The van der Waals surface area contributed by atoms with E-state index in [4.69, 9.17) is 5.73 Å². The first kappa shape index (κ1) is 9.93. The van der Waals surface area contributed by atoms with E-state index in [0.29, 0.717) is 5.13 Å². The second kappa shape index (κ2) is 4.28. The van der Waals surface area contributed by atoms with Gasteiger partial charge in [0.05, 0.1) is 5.69 Å². The number of hydrogen-bond acceptors (Lipinski definition) is 4. The third-order valence-electron chi connectivity index (χ3n) is 2.62. The van der Waals surface area contributed by atoms with Crippen LogP contribution in [0.1, 0.15) is 25.5 Å². The molecule has 78 valence electrons. The molecule has 0 aromatic carbocycles. The number of nitrogen functional groups attached to an aromatic ring is 1. The van der Waals surface area contributed by atoms with E-state index < -0.39 is 0 Å². The second-order valence-electron chi connectivity index (χ2n) is 3.95. The summed E-state index contributed by atoms with van der Waals surface area (Å²) in [7, 11) is 0. The number of nitrogens with zero attached hydrogens (tertiary/aromatic N) is 2. The summed E-state index contributed by atoms with van der Waals surface area (Å²) in [6.45, 7) is 5.50. The van der Waals surface area contributed by atoms with Gasteiger partial charge in [-0.15, -0.1) is 11.3 Å². The van der Waals surface area contributed by atoms with Gasteiger partial charge in [-0.2, -0.15) is 0 Å². The predicted molar refractivity (Wildman–Crippen MR) is 60.2 cm³/mol. The van der Waals surface area contributed by atoms with Crippen molar-refractivity contribution in [3.05, 3.63) is 11.1 Å². The Hall–Kier alpha value is -0.610. The molecule has 0 amide bonds. The molecule has 1 fully saturated rings.